The highest BCUT2D eigenvalue weighted by Gasteiger charge is 2.09. The van der Waals surface area contributed by atoms with Gasteiger partial charge in [-0.2, -0.15) is 0 Å². The maximum Gasteiger partial charge on any atom is 0.338 e. The molecular formula is C11H14O2. The van der Waals surface area contributed by atoms with Gasteiger partial charge in [0.15, 0.2) is 0 Å². The van der Waals surface area contributed by atoms with Crippen LogP contribution < -0.4 is 0 Å². The maximum absolute atomic E-state index is 11.4. The fraction of sp³-hybridized carbons (Fsp3) is 0.364. The molecule has 0 aliphatic rings. The van der Waals surface area contributed by atoms with Crippen LogP contribution in [0.3, 0.4) is 0 Å². The first-order chi connectivity index (χ1) is 6.16. The highest BCUT2D eigenvalue weighted by Crippen LogP contribution is 2.13. The zero-order valence-corrected chi connectivity index (χ0v) is 8.26. The summed E-state index contributed by atoms with van der Waals surface area (Å²) in [5.74, 6) is -0.233. The highest BCUT2D eigenvalue weighted by atomic mass is 16.5. The van der Waals surface area contributed by atoms with E-state index in [0.29, 0.717) is 12.2 Å². The molecule has 0 fully saturated rings. The predicted molar refractivity (Wildman–Crippen MR) is 51.9 cm³/mol. The van der Waals surface area contributed by atoms with E-state index in [1.54, 1.807) is 6.07 Å². The smallest absolute Gasteiger partial charge is 0.338 e. The maximum atomic E-state index is 11.4. The number of esters is 1. The molecule has 0 saturated heterocycles. The van der Waals surface area contributed by atoms with Gasteiger partial charge in [0.1, 0.15) is 0 Å². The largest absolute Gasteiger partial charge is 0.462 e. The molecule has 0 aliphatic carbocycles. The summed E-state index contributed by atoms with van der Waals surface area (Å²) in [6, 6.07) is 5.65. The molecule has 0 aliphatic heterocycles. The summed E-state index contributed by atoms with van der Waals surface area (Å²) in [5, 5.41) is 0. The molecule has 70 valence electrons. The van der Waals surface area contributed by atoms with Gasteiger partial charge in [-0.1, -0.05) is 12.1 Å². The van der Waals surface area contributed by atoms with E-state index in [0.717, 1.165) is 11.1 Å². The van der Waals surface area contributed by atoms with Gasteiger partial charge in [0.2, 0.25) is 0 Å². The Hall–Kier alpha value is -1.31. The molecule has 0 N–H and O–H groups in total. The first-order valence-corrected chi connectivity index (χ1v) is 4.40. The second-order valence-electron chi connectivity index (χ2n) is 2.97. The number of rotatable bonds is 2. The molecule has 0 amide bonds. The summed E-state index contributed by atoms with van der Waals surface area (Å²) >= 11 is 0. The van der Waals surface area contributed by atoms with Crippen LogP contribution in [-0.4, -0.2) is 12.6 Å². The zero-order chi connectivity index (χ0) is 9.84. The van der Waals surface area contributed by atoms with Crippen LogP contribution in [0, 0.1) is 13.8 Å². The van der Waals surface area contributed by atoms with Gasteiger partial charge in [-0.3, -0.25) is 0 Å². The van der Waals surface area contributed by atoms with Crippen LogP contribution in [0.25, 0.3) is 0 Å². The molecule has 1 aromatic rings. The SMILES string of the molecule is CCOC(=O)c1cccc(C)c1C. The van der Waals surface area contributed by atoms with Crippen molar-refractivity contribution < 1.29 is 9.53 Å². The predicted octanol–water partition coefficient (Wildman–Crippen LogP) is 2.48. The Labute approximate surface area is 78.5 Å². The van der Waals surface area contributed by atoms with Crippen LogP contribution in [-0.2, 0) is 4.74 Å². The molecule has 13 heavy (non-hydrogen) atoms. The molecule has 2 heteroatoms. The number of hydrogen-bond acceptors (Lipinski definition) is 2. The Morgan fingerprint density at radius 3 is 2.69 bits per heavy atom. The third-order valence-corrected chi connectivity index (χ3v) is 2.10. The first kappa shape index (κ1) is 9.78. The van der Waals surface area contributed by atoms with E-state index in [1.807, 2.05) is 32.9 Å². The van der Waals surface area contributed by atoms with Crippen LogP contribution >= 0.6 is 0 Å². The van der Waals surface area contributed by atoms with Crippen LogP contribution in [0.1, 0.15) is 28.4 Å². The third-order valence-electron chi connectivity index (χ3n) is 2.10. The van der Waals surface area contributed by atoms with Gasteiger partial charge in [-0.15, -0.1) is 0 Å². The number of carbonyl (C=O) groups excluding carboxylic acids is 1. The molecule has 0 saturated carbocycles. The summed E-state index contributed by atoms with van der Waals surface area (Å²) in [5.41, 5.74) is 2.79. The number of carbonyl (C=O) groups is 1. The lowest BCUT2D eigenvalue weighted by atomic mass is 10.0. The van der Waals surface area contributed by atoms with E-state index >= 15 is 0 Å². The topological polar surface area (TPSA) is 26.3 Å². The van der Waals surface area contributed by atoms with Crippen molar-refractivity contribution >= 4 is 5.97 Å². The van der Waals surface area contributed by atoms with Crippen molar-refractivity contribution in [3.63, 3.8) is 0 Å². The van der Waals surface area contributed by atoms with Crippen molar-refractivity contribution in [2.24, 2.45) is 0 Å². The van der Waals surface area contributed by atoms with Crippen LogP contribution in [0.5, 0.6) is 0 Å². The highest BCUT2D eigenvalue weighted by molar-refractivity contribution is 5.91. The molecule has 0 radical (unpaired) electrons. The van der Waals surface area contributed by atoms with Crippen LogP contribution in [0.2, 0.25) is 0 Å². The molecular weight excluding hydrogens is 164 g/mol. The quantitative estimate of drug-likeness (QED) is 0.650. The Kier molecular flexibility index (Phi) is 3.07. The molecule has 0 heterocycles. The van der Waals surface area contributed by atoms with Crippen molar-refractivity contribution in [3.8, 4) is 0 Å². The minimum absolute atomic E-state index is 0.233. The van der Waals surface area contributed by atoms with E-state index in [-0.39, 0.29) is 5.97 Å². The molecule has 0 unspecified atom stereocenters. The third kappa shape index (κ3) is 2.08. The van der Waals surface area contributed by atoms with Crippen molar-refractivity contribution in [3.05, 3.63) is 34.9 Å². The van der Waals surface area contributed by atoms with Crippen molar-refractivity contribution in [1.82, 2.24) is 0 Å². The first-order valence-electron chi connectivity index (χ1n) is 4.40. The second-order valence-corrected chi connectivity index (χ2v) is 2.97. The molecule has 0 atom stereocenters. The van der Waals surface area contributed by atoms with E-state index in [4.69, 9.17) is 4.74 Å². The van der Waals surface area contributed by atoms with Gasteiger partial charge < -0.3 is 4.74 Å². The summed E-state index contributed by atoms with van der Waals surface area (Å²) in [6.45, 7) is 6.15. The minimum Gasteiger partial charge on any atom is -0.462 e. The standard InChI is InChI=1S/C11H14O2/c1-4-13-11(12)10-7-5-6-8(2)9(10)3/h5-7H,4H2,1-3H3. The Bertz CT molecular complexity index is 316. The molecule has 2 nitrogen and oxygen atoms in total. The summed E-state index contributed by atoms with van der Waals surface area (Å²) < 4.78 is 4.92. The minimum atomic E-state index is -0.233. The Morgan fingerprint density at radius 2 is 2.08 bits per heavy atom. The Balaban J connectivity index is 3.01. The number of hydrogen-bond donors (Lipinski definition) is 0. The normalized spacial score (nSPS) is 9.77. The lowest BCUT2D eigenvalue weighted by molar-refractivity contribution is 0.0525. The van der Waals surface area contributed by atoms with E-state index in [2.05, 4.69) is 0 Å². The fourth-order valence-electron chi connectivity index (χ4n) is 1.18. The molecule has 0 aromatic heterocycles. The van der Waals surface area contributed by atoms with Gasteiger partial charge in [0.05, 0.1) is 12.2 Å². The molecule has 1 aromatic carbocycles. The van der Waals surface area contributed by atoms with E-state index in [1.165, 1.54) is 0 Å². The zero-order valence-electron chi connectivity index (χ0n) is 8.26. The number of benzene rings is 1. The number of aryl methyl sites for hydroxylation is 1. The lowest BCUT2D eigenvalue weighted by Crippen LogP contribution is -2.07. The van der Waals surface area contributed by atoms with Gasteiger partial charge in [-0.05, 0) is 38.0 Å². The van der Waals surface area contributed by atoms with Crippen LogP contribution in [0.15, 0.2) is 18.2 Å². The summed E-state index contributed by atoms with van der Waals surface area (Å²) in [7, 11) is 0. The van der Waals surface area contributed by atoms with E-state index < -0.39 is 0 Å². The summed E-state index contributed by atoms with van der Waals surface area (Å²) in [4.78, 5) is 11.4. The Morgan fingerprint density at radius 1 is 1.38 bits per heavy atom. The van der Waals surface area contributed by atoms with Crippen LogP contribution in [0.4, 0.5) is 0 Å². The fourth-order valence-corrected chi connectivity index (χ4v) is 1.18. The van der Waals surface area contributed by atoms with Crippen molar-refractivity contribution in [2.75, 3.05) is 6.61 Å². The second kappa shape index (κ2) is 4.08. The van der Waals surface area contributed by atoms with Gasteiger partial charge in [-0.25, -0.2) is 4.79 Å². The number of ether oxygens (including phenoxy) is 1. The summed E-state index contributed by atoms with van der Waals surface area (Å²) in [6.07, 6.45) is 0. The van der Waals surface area contributed by atoms with Gasteiger partial charge >= 0.3 is 5.97 Å². The van der Waals surface area contributed by atoms with Gasteiger partial charge in [0, 0.05) is 0 Å². The van der Waals surface area contributed by atoms with Crippen molar-refractivity contribution in [2.45, 2.75) is 20.8 Å². The van der Waals surface area contributed by atoms with E-state index in [9.17, 15) is 4.79 Å². The molecule has 0 spiro atoms. The average molecular weight is 178 g/mol. The average Bonchev–Trinajstić information content (AvgIpc) is 2.10. The lowest BCUT2D eigenvalue weighted by Gasteiger charge is -2.06. The van der Waals surface area contributed by atoms with Crippen molar-refractivity contribution in [1.29, 1.82) is 0 Å². The molecule has 1 rings (SSSR count). The van der Waals surface area contributed by atoms with Gasteiger partial charge in [0.25, 0.3) is 0 Å². The molecule has 0 bridgehead atoms. The monoisotopic (exact) mass is 178 g/mol.